The summed E-state index contributed by atoms with van der Waals surface area (Å²) >= 11 is 1.32. The van der Waals surface area contributed by atoms with Gasteiger partial charge in [-0.05, 0) is 40.2 Å². The summed E-state index contributed by atoms with van der Waals surface area (Å²) in [5.41, 5.74) is -1.59. The number of nitrogens with zero attached hydrogens (tertiary/aromatic N) is 1. The van der Waals surface area contributed by atoms with Gasteiger partial charge >= 0.3 is 6.09 Å². The molecule has 0 aromatic heterocycles. The first-order valence-electron chi connectivity index (χ1n) is 9.19. The van der Waals surface area contributed by atoms with Gasteiger partial charge in [-0.3, -0.25) is 5.32 Å². The van der Waals surface area contributed by atoms with Gasteiger partial charge < -0.3 is 9.47 Å². The lowest BCUT2D eigenvalue weighted by Gasteiger charge is -2.46. The normalized spacial score (nSPS) is 28.5. The van der Waals surface area contributed by atoms with Crippen LogP contribution in [0, 0.1) is 5.92 Å². The molecule has 0 aromatic carbocycles. The molecule has 28 heavy (non-hydrogen) atoms. The van der Waals surface area contributed by atoms with E-state index in [0.29, 0.717) is 17.3 Å². The minimum absolute atomic E-state index is 0.00223. The van der Waals surface area contributed by atoms with Gasteiger partial charge in [0, 0.05) is 17.2 Å². The van der Waals surface area contributed by atoms with Crippen molar-refractivity contribution < 1.29 is 23.0 Å². The molecule has 0 radical (unpaired) electrons. The summed E-state index contributed by atoms with van der Waals surface area (Å²) in [6.07, 6.45) is 3.82. The van der Waals surface area contributed by atoms with E-state index in [1.165, 1.54) is 17.8 Å². The van der Waals surface area contributed by atoms with Crippen molar-refractivity contribution >= 4 is 23.0 Å². The van der Waals surface area contributed by atoms with E-state index in [1.807, 2.05) is 0 Å². The lowest BCUT2D eigenvalue weighted by atomic mass is 9.75. The maximum atomic E-state index is 14.7. The standard InChI is InChI=1S/C20H28F2N2O3S/c1-6-7-8-16(22)13(2)20-12-26-15(10-21)9-14(20)11-28-17(24-20)23-18(25)27-19(3,4)5/h6-8,14-15H,2,9-12H2,1,3-5H3,(H,23,24,25)/b7-6-,16-8+/t14-,15+,20+/m0/s1. The second-order valence-electron chi connectivity index (χ2n) is 7.82. The highest BCUT2D eigenvalue weighted by Gasteiger charge is 2.50. The number of carbonyl (C=O) groups excluding carboxylic acids is 1. The number of amides is 1. The quantitative estimate of drug-likeness (QED) is 0.677. The largest absolute Gasteiger partial charge is 0.444 e. The fraction of sp³-hybridized carbons (Fsp3) is 0.600. The average molecular weight is 415 g/mol. The number of alkyl carbamates (subject to hydrolysis) is 1. The first kappa shape index (κ1) is 22.6. The number of rotatable bonds is 4. The number of alkyl halides is 1. The highest BCUT2D eigenvalue weighted by molar-refractivity contribution is 8.13. The molecule has 2 aliphatic heterocycles. The highest BCUT2D eigenvalue weighted by atomic mass is 32.2. The number of carbonyl (C=O) groups is 1. The molecule has 0 saturated carbocycles. The molecule has 1 amide bonds. The molecule has 0 spiro atoms. The number of amidine groups is 1. The molecule has 1 saturated heterocycles. The van der Waals surface area contributed by atoms with E-state index in [1.54, 1.807) is 39.8 Å². The number of thioether (sulfide) groups is 1. The zero-order valence-electron chi connectivity index (χ0n) is 16.8. The van der Waals surface area contributed by atoms with E-state index < -0.39 is 35.8 Å². The van der Waals surface area contributed by atoms with Crippen LogP contribution >= 0.6 is 11.8 Å². The van der Waals surface area contributed by atoms with Crippen LogP contribution in [0.2, 0.25) is 0 Å². The summed E-state index contributed by atoms with van der Waals surface area (Å²) in [7, 11) is 0. The van der Waals surface area contributed by atoms with Crippen molar-refractivity contribution in [1.82, 2.24) is 5.32 Å². The second-order valence-corrected chi connectivity index (χ2v) is 8.83. The number of fused-ring (bicyclic) bond motifs is 1. The maximum Gasteiger partial charge on any atom is 0.413 e. The van der Waals surface area contributed by atoms with Gasteiger partial charge in [-0.1, -0.05) is 30.5 Å². The van der Waals surface area contributed by atoms with Crippen molar-refractivity contribution in [2.75, 3.05) is 19.0 Å². The van der Waals surface area contributed by atoms with Crippen LogP contribution in [0.3, 0.4) is 0 Å². The van der Waals surface area contributed by atoms with E-state index >= 15 is 0 Å². The van der Waals surface area contributed by atoms with E-state index in [2.05, 4.69) is 16.9 Å². The van der Waals surface area contributed by atoms with Crippen molar-refractivity contribution in [3.05, 3.63) is 36.2 Å². The van der Waals surface area contributed by atoms with Gasteiger partial charge in [-0.2, -0.15) is 0 Å². The Morgan fingerprint density at radius 1 is 1.54 bits per heavy atom. The molecule has 2 heterocycles. The van der Waals surface area contributed by atoms with Crippen molar-refractivity contribution in [3.8, 4) is 0 Å². The number of aliphatic imine (C=N–C) groups is 1. The third-order valence-corrected chi connectivity index (χ3v) is 5.55. The van der Waals surface area contributed by atoms with E-state index in [0.717, 1.165) is 0 Å². The molecule has 2 rings (SSSR count). The molecule has 0 aromatic rings. The third kappa shape index (κ3) is 5.44. The summed E-state index contributed by atoms with van der Waals surface area (Å²) in [6, 6.07) is 0. The monoisotopic (exact) mass is 414 g/mol. The maximum absolute atomic E-state index is 14.7. The summed E-state index contributed by atoms with van der Waals surface area (Å²) in [5.74, 6) is -0.143. The molecular weight excluding hydrogens is 386 g/mol. The molecule has 2 aliphatic rings. The first-order valence-corrected chi connectivity index (χ1v) is 10.2. The van der Waals surface area contributed by atoms with E-state index in [9.17, 15) is 13.6 Å². The SMILES string of the molecule is C=C(/C(F)=C\C=C/C)[C@]12CO[C@@H](CF)C[C@H]1CSC(NC(=O)OC(C)(C)C)=N2. The number of hydrogen-bond acceptors (Lipinski definition) is 5. The molecule has 0 aliphatic carbocycles. The van der Waals surface area contributed by atoms with Crippen molar-refractivity contribution in [1.29, 1.82) is 0 Å². The van der Waals surface area contributed by atoms with Gasteiger partial charge in [-0.15, -0.1) is 0 Å². The Morgan fingerprint density at radius 2 is 2.25 bits per heavy atom. The Labute approximate surface area is 169 Å². The molecule has 3 atom stereocenters. The van der Waals surface area contributed by atoms with Crippen molar-refractivity contribution in [2.24, 2.45) is 10.9 Å². The number of ether oxygens (including phenoxy) is 2. The number of nitrogens with one attached hydrogen (secondary N) is 1. The molecule has 8 heteroatoms. The van der Waals surface area contributed by atoms with Crippen LogP contribution in [0.5, 0.6) is 0 Å². The molecule has 156 valence electrons. The summed E-state index contributed by atoms with van der Waals surface area (Å²) in [5, 5.41) is 2.93. The Balaban J connectivity index is 2.33. The van der Waals surface area contributed by atoms with Gasteiger partial charge in [0.25, 0.3) is 0 Å². The van der Waals surface area contributed by atoms with E-state index in [4.69, 9.17) is 9.47 Å². The zero-order valence-corrected chi connectivity index (χ0v) is 17.6. The van der Waals surface area contributed by atoms with Crippen LogP contribution in [-0.4, -0.2) is 47.5 Å². The molecular formula is C20H28F2N2O3S. The van der Waals surface area contributed by atoms with Crippen molar-refractivity contribution in [2.45, 2.75) is 51.4 Å². The molecule has 1 fully saturated rings. The van der Waals surface area contributed by atoms with Crippen molar-refractivity contribution in [3.63, 3.8) is 0 Å². The van der Waals surface area contributed by atoms with Crippen LogP contribution in [0.15, 0.2) is 41.2 Å². The fourth-order valence-electron chi connectivity index (χ4n) is 3.12. The summed E-state index contributed by atoms with van der Waals surface area (Å²) in [4.78, 5) is 16.7. The lowest BCUT2D eigenvalue weighted by Crippen LogP contribution is -2.54. The molecule has 0 unspecified atom stereocenters. The van der Waals surface area contributed by atoms with Gasteiger partial charge in [0.15, 0.2) is 5.17 Å². The van der Waals surface area contributed by atoms with Gasteiger partial charge in [-0.25, -0.2) is 18.6 Å². The van der Waals surface area contributed by atoms with Gasteiger partial charge in [0.05, 0.1) is 12.7 Å². The molecule has 5 nitrogen and oxygen atoms in total. The third-order valence-electron chi connectivity index (χ3n) is 4.51. The van der Waals surface area contributed by atoms with Crippen LogP contribution < -0.4 is 5.32 Å². The predicted molar refractivity (Wildman–Crippen MR) is 109 cm³/mol. The minimum atomic E-state index is -1.09. The zero-order chi connectivity index (χ0) is 20.9. The summed E-state index contributed by atoms with van der Waals surface area (Å²) in [6.45, 7) is 10.4. The van der Waals surface area contributed by atoms with Crippen LogP contribution in [-0.2, 0) is 9.47 Å². The van der Waals surface area contributed by atoms with Gasteiger partial charge in [0.1, 0.15) is 23.6 Å². The molecule has 1 N–H and O–H groups in total. The smallest absolute Gasteiger partial charge is 0.413 e. The number of halogens is 2. The Morgan fingerprint density at radius 3 is 2.86 bits per heavy atom. The van der Waals surface area contributed by atoms with Crippen LogP contribution in [0.4, 0.5) is 13.6 Å². The average Bonchev–Trinajstić information content (AvgIpc) is 2.63. The Kier molecular flexibility index (Phi) is 7.45. The highest BCUT2D eigenvalue weighted by Crippen LogP contribution is 2.45. The fourth-order valence-corrected chi connectivity index (χ4v) is 4.27. The lowest BCUT2D eigenvalue weighted by molar-refractivity contribution is -0.0511. The van der Waals surface area contributed by atoms with Crippen LogP contribution in [0.1, 0.15) is 34.1 Å². The molecule has 0 bridgehead atoms. The van der Waals surface area contributed by atoms with E-state index in [-0.39, 0.29) is 18.1 Å². The number of allylic oxidation sites excluding steroid dienone is 3. The Hall–Kier alpha value is -1.67. The minimum Gasteiger partial charge on any atom is -0.444 e. The predicted octanol–water partition coefficient (Wildman–Crippen LogP) is 4.71. The number of hydrogen-bond donors (Lipinski definition) is 1. The van der Waals surface area contributed by atoms with Gasteiger partial charge in [0.2, 0.25) is 0 Å². The topological polar surface area (TPSA) is 59.9 Å². The first-order chi connectivity index (χ1) is 13.1. The second kappa shape index (κ2) is 9.22. The Bertz CT molecular complexity index is 700. The summed E-state index contributed by atoms with van der Waals surface area (Å²) < 4.78 is 38.7. The van der Waals surface area contributed by atoms with Crippen LogP contribution in [0.25, 0.3) is 0 Å².